The summed E-state index contributed by atoms with van der Waals surface area (Å²) in [7, 11) is 1.48. The molecule has 2 N–H and O–H groups in total. The zero-order chi connectivity index (χ0) is 23.6. The molecule has 0 spiro atoms. The molecule has 0 aliphatic carbocycles. The molecule has 0 aliphatic heterocycles. The first kappa shape index (κ1) is 24.0. The normalized spacial score (nSPS) is 12.7. The molecule has 9 heteroatoms. The Bertz CT molecular complexity index is 1230. The number of methoxy groups -OCH3 is 1. The number of aromatic carboxylic acids is 1. The van der Waals surface area contributed by atoms with E-state index in [9.17, 15) is 28.6 Å². The van der Waals surface area contributed by atoms with Crippen molar-refractivity contribution in [3.63, 3.8) is 0 Å². The van der Waals surface area contributed by atoms with Crippen LogP contribution in [-0.4, -0.2) is 50.2 Å². The first-order chi connectivity index (χ1) is 15.2. The maximum atomic E-state index is 14.1. The number of halogens is 2. The summed E-state index contributed by atoms with van der Waals surface area (Å²) in [5.41, 5.74) is -0.233. The van der Waals surface area contributed by atoms with Crippen LogP contribution in [0.15, 0.2) is 41.3 Å². The molecule has 1 atom stereocenters. The number of ether oxygens (including phenoxy) is 1. The van der Waals surface area contributed by atoms with E-state index in [2.05, 4.69) is 0 Å². The number of nitrogens with zero attached hydrogens (tertiary/aromatic N) is 1. The van der Waals surface area contributed by atoms with Gasteiger partial charge < -0.3 is 0 Å². The number of hydrogen-bond acceptors (Lipinski definition) is 4. The first-order valence-corrected chi connectivity index (χ1v) is 12.2. The summed E-state index contributed by atoms with van der Waals surface area (Å²) in [6.07, 6.45) is 1.26. The van der Waals surface area contributed by atoms with Crippen molar-refractivity contribution in [3.8, 4) is 5.75 Å². The van der Waals surface area contributed by atoms with Crippen LogP contribution in [-0.2, 0) is 5.21 Å². The van der Waals surface area contributed by atoms with Gasteiger partial charge >= 0.3 is 190 Å². The van der Waals surface area contributed by atoms with Crippen LogP contribution in [0, 0.1) is 17.6 Å². The van der Waals surface area contributed by atoms with E-state index in [1.807, 2.05) is 13.8 Å². The van der Waals surface area contributed by atoms with E-state index in [-0.39, 0.29) is 17.9 Å². The molecule has 169 valence electrons. The molecule has 2 aromatic carbocycles. The number of rotatable bonds is 8. The van der Waals surface area contributed by atoms with Gasteiger partial charge in [-0.3, -0.25) is 0 Å². The zero-order valence-corrected chi connectivity index (χ0v) is 19.7. The van der Waals surface area contributed by atoms with Gasteiger partial charge in [0.15, 0.2) is 0 Å². The van der Waals surface area contributed by atoms with Crippen LogP contribution >= 0.6 is 0 Å². The predicted molar refractivity (Wildman–Crippen MR) is 118 cm³/mol. The topological polar surface area (TPSA) is 88.8 Å². The fraction of sp³-hybridized carbons (Fsp3) is 0.304. The molecule has 3 aromatic rings. The zero-order valence-electron chi connectivity index (χ0n) is 17.8. The van der Waals surface area contributed by atoms with E-state index < -0.39 is 50.4 Å². The summed E-state index contributed by atoms with van der Waals surface area (Å²) in [4.78, 5) is 24.6. The van der Waals surface area contributed by atoms with Crippen molar-refractivity contribution in [3.05, 3.63) is 69.5 Å². The Labute approximate surface area is 190 Å². The molecule has 0 fully saturated rings. The first-order valence-electron chi connectivity index (χ1n) is 9.90. The van der Waals surface area contributed by atoms with Crippen LogP contribution < -0.4 is 14.5 Å². The van der Waals surface area contributed by atoms with Crippen LogP contribution in [0.4, 0.5) is 8.78 Å². The molecule has 0 unspecified atom stereocenters. The number of carbonyl (C=O) groups is 1. The van der Waals surface area contributed by atoms with Crippen molar-refractivity contribution in [2.45, 2.75) is 25.1 Å². The van der Waals surface area contributed by atoms with E-state index >= 15 is 0 Å². The number of aromatic nitrogens is 1. The average molecular weight is 506 g/mol. The van der Waals surface area contributed by atoms with Crippen molar-refractivity contribution in [1.82, 2.24) is 4.57 Å². The van der Waals surface area contributed by atoms with E-state index in [0.717, 1.165) is 6.07 Å². The molecule has 3 rings (SSSR count). The van der Waals surface area contributed by atoms with Gasteiger partial charge in [-0.25, -0.2) is 0 Å². The Kier molecular flexibility index (Phi) is 7.36. The standard InChI is InChI=1S/C23H23AsF2NO5/c1-12(2)20(11-28)27-10-16(23(30)31)22(29)15-7-17(21(32-3)8-19(15)27)24-9-13-4-5-14(25)6-18(13)26/h4-8,10,12,20,28H,9,11H2,1-3H3,(H,30,31)/t20-/m1/s1. The monoisotopic (exact) mass is 506 g/mol. The molecule has 1 aromatic heterocycles. The second-order valence-electron chi connectivity index (χ2n) is 7.67. The molecular weight excluding hydrogens is 483 g/mol. The minimum absolute atomic E-state index is 0.0363. The third-order valence-electron chi connectivity index (χ3n) is 5.31. The molecule has 32 heavy (non-hydrogen) atoms. The minimum atomic E-state index is -1.36. The number of benzene rings is 2. The number of aliphatic hydroxyl groups excluding tert-OH is 1. The molecule has 0 saturated carbocycles. The van der Waals surface area contributed by atoms with Crippen LogP contribution in [0.1, 0.15) is 35.8 Å². The summed E-state index contributed by atoms with van der Waals surface area (Å²) in [6, 6.07) is 6.20. The van der Waals surface area contributed by atoms with Crippen LogP contribution in [0.5, 0.6) is 5.75 Å². The summed E-state index contributed by atoms with van der Waals surface area (Å²) in [5.74, 6) is -2.21. The second-order valence-corrected chi connectivity index (χ2v) is 10.0. The number of carboxylic acids is 1. The van der Waals surface area contributed by atoms with Gasteiger partial charge in [-0.15, -0.1) is 0 Å². The van der Waals surface area contributed by atoms with E-state index in [0.29, 0.717) is 26.4 Å². The summed E-state index contributed by atoms with van der Waals surface area (Å²) >= 11 is -0.721. The fourth-order valence-electron chi connectivity index (χ4n) is 3.52. The Balaban J connectivity index is 2.18. The van der Waals surface area contributed by atoms with Gasteiger partial charge in [0.05, 0.1) is 0 Å². The molecule has 1 radical (unpaired) electrons. The number of carboxylic acid groups (broad SMARTS) is 1. The van der Waals surface area contributed by atoms with Gasteiger partial charge in [0.2, 0.25) is 0 Å². The van der Waals surface area contributed by atoms with Crippen LogP contribution in [0.3, 0.4) is 0 Å². The maximum absolute atomic E-state index is 14.1. The Morgan fingerprint density at radius 1 is 1.22 bits per heavy atom. The van der Waals surface area contributed by atoms with Crippen LogP contribution in [0.2, 0.25) is 0 Å². The predicted octanol–water partition coefficient (Wildman–Crippen LogP) is 2.71. The van der Waals surface area contributed by atoms with Gasteiger partial charge in [0, 0.05) is 0 Å². The third-order valence-corrected chi connectivity index (χ3v) is 7.81. The number of fused-ring (bicyclic) bond motifs is 1. The van der Waals surface area contributed by atoms with E-state index in [4.69, 9.17) is 4.74 Å². The quantitative estimate of drug-likeness (QED) is 0.459. The van der Waals surface area contributed by atoms with E-state index in [1.165, 1.54) is 25.4 Å². The summed E-state index contributed by atoms with van der Waals surface area (Å²) in [6.45, 7) is 3.53. The SMILES string of the molecule is COc1cc2c(cc1[As]Cc1ccc(F)cc1F)c(=O)c(C(=O)O)cn2[C@H](CO)C(C)C. The molecule has 0 aliphatic rings. The van der Waals surface area contributed by atoms with Crippen molar-refractivity contribution in [1.29, 1.82) is 0 Å². The van der Waals surface area contributed by atoms with Crippen molar-refractivity contribution in [2.24, 2.45) is 5.92 Å². The second kappa shape index (κ2) is 9.84. The number of hydrogen-bond donors (Lipinski definition) is 2. The fourth-order valence-corrected chi connectivity index (χ4v) is 5.89. The van der Waals surface area contributed by atoms with E-state index in [1.54, 1.807) is 16.7 Å². The average Bonchev–Trinajstić information content (AvgIpc) is 2.74. The summed E-state index contributed by atoms with van der Waals surface area (Å²) in [5, 5.41) is 20.0. The molecule has 1 heterocycles. The van der Waals surface area contributed by atoms with Gasteiger partial charge in [-0.05, 0) is 0 Å². The molecular formula is C23H23AsF2NO5. The Morgan fingerprint density at radius 2 is 1.94 bits per heavy atom. The third kappa shape index (κ3) is 4.71. The van der Waals surface area contributed by atoms with Gasteiger partial charge in [0.1, 0.15) is 0 Å². The molecule has 0 saturated heterocycles. The van der Waals surface area contributed by atoms with Gasteiger partial charge in [0.25, 0.3) is 0 Å². The van der Waals surface area contributed by atoms with Crippen molar-refractivity contribution >= 4 is 37.0 Å². The number of pyridine rings is 1. The van der Waals surface area contributed by atoms with Crippen molar-refractivity contribution in [2.75, 3.05) is 13.7 Å². The van der Waals surface area contributed by atoms with Crippen LogP contribution in [0.25, 0.3) is 10.9 Å². The number of aliphatic hydroxyl groups is 1. The van der Waals surface area contributed by atoms with Gasteiger partial charge in [-0.1, -0.05) is 0 Å². The summed E-state index contributed by atoms with van der Waals surface area (Å²) < 4.78 is 35.0. The molecule has 6 nitrogen and oxygen atoms in total. The molecule has 0 bridgehead atoms. The van der Waals surface area contributed by atoms with Crippen molar-refractivity contribution < 1.29 is 28.5 Å². The Morgan fingerprint density at radius 3 is 2.50 bits per heavy atom. The van der Waals surface area contributed by atoms with Gasteiger partial charge in [-0.2, -0.15) is 0 Å². The Hall–Kier alpha value is -2.70. The molecule has 0 amide bonds.